The minimum absolute atomic E-state index is 0.102. The maximum atomic E-state index is 12.7. The third kappa shape index (κ3) is 4.54. The molecular formula is C18H28N6O. The predicted molar refractivity (Wildman–Crippen MR) is 97.5 cm³/mol. The quantitative estimate of drug-likeness (QED) is 0.723. The summed E-state index contributed by atoms with van der Waals surface area (Å²) in [4.78, 5) is 21.1. The normalized spacial score (nSPS) is 15.8. The molecule has 1 aliphatic heterocycles. The number of aromatic nitrogens is 4. The summed E-state index contributed by atoms with van der Waals surface area (Å²) in [6, 6.07) is 3.53. The Morgan fingerprint density at radius 3 is 2.64 bits per heavy atom. The van der Waals surface area contributed by atoms with Gasteiger partial charge in [-0.25, -0.2) is 9.78 Å². The van der Waals surface area contributed by atoms with E-state index in [0.29, 0.717) is 11.2 Å². The van der Waals surface area contributed by atoms with Gasteiger partial charge in [-0.15, -0.1) is 5.10 Å². The van der Waals surface area contributed by atoms with E-state index in [0.717, 1.165) is 32.7 Å². The second-order valence-electron chi connectivity index (χ2n) is 6.73. The van der Waals surface area contributed by atoms with Crippen molar-refractivity contribution in [2.24, 2.45) is 0 Å². The molecule has 0 saturated carbocycles. The van der Waals surface area contributed by atoms with Crippen LogP contribution in [0.5, 0.6) is 0 Å². The Hall–Kier alpha value is -2.02. The molecule has 0 unspecified atom stereocenters. The van der Waals surface area contributed by atoms with E-state index in [-0.39, 0.29) is 6.03 Å². The van der Waals surface area contributed by atoms with Gasteiger partial charge in [0.2, 0.25) is 5.65 Å². The number of hydrogen-bond donors (Lipinski definition) is 0. The first kappa shape index (κ1) is 17.8. The standard InChI is InChI=1S/C18H28N6O/c1-2-3-4-5-6-7-11-22-12-14-23(15-13-22)18(25)24-16-9-8-10-19-17(16)20-21-24/h8-10H,2-7,11-15H2,1H3. The van der Waals surface area contributed by atoms with Crippen molar-refractivity contribution in [3.8, 4) is 0 Å². The summed E-state index contributed by atoms with van der Waals surface area (Å²) >= 11 is 0. The molecule has 3 heterocycles. The molecule has 2 aromatic rings. The Morgan fingerprint density at radius 2 is 1.84 bits per heavy atom. The molecule has 0 aliphatic carbocycles. The van der Waals surface area contributed by atoms with Gasteiger partial charge in [0.05, 0.1) is 0 Å². The summed E-state index contributed by atoms with van der Waals surface area (Å²) in [7, 11) is 0. The zero-order valence-corrected chi connectivity index (χ0v) is 15.1. The number of nitrogens with zero attached hydrogens (tertiary/aromatic N) is 6. The number of pyridine rings is 1. The highest BCUT2D eigenvalue weighted by Gasteiger charge is 2.24. The first-order chi connectivity index (χ1) is 12.3. The molecule has 0 atom stereocenters. The first-order valence-corrected chi connectivity index (χ1v) is 9.47. The maximum Gasteiger partial charge on any atom is 0.346 e. The van der Waals surface area contributed by atoms with Crippen LogP contribution < -0.4 is 0 Å². The third-order valence-corrected chi connectivity index (χ3v) is 4.88. The second-order valence-corrected chi connectivity index (χ2v) is 6.73. The number of unbranched alkanes of at least 4 members (excludes halogenated alkanes) is 5. The molecule has 0 spiro atoms. The fourth-order valence-electron chi connectivity index (χ4n) is 3.32. The molecule has 7 nitrogen and oxygen atoms in total. The minimum atomic E-state index is -0.102. The molecule has 136 valence electrons. The van der Waals surface area contributed by atoms with Crippen LogP contribution >= 0.6 is 0 Å². The van der Waals surface area contributed by atoms with Gasteiger partial charge in [-0.05, 0) is 25.1 Å². The van der Waals surface area contributed by atoms with Crippen LogP contribution in [-0.2, 0) is 0 Å². The molecule has 0 aromatic carbocycles. The minimum Gasteiger partial charge on any atom is -0.320 e. The highest BCUT2D eigenvalue weighted by molar-refractivity contribution is 5.86. The Kier molecular flexibility index (Phi) is 6.33. The zero-order valence-electron chi connectivity index (χ0n) is 15.1. The number of rotatable bonds is 7. The average molecular weight is 344 g/mol. The molecule has 3 rings (SSSR count). The van der Waals surface area contributed by atoms with Crippen molar-refractivity contribution >= 4 is 17.2 Å². The van der Waals surface area contributed by atoms with Crippen molar-refractivity contribution in [2.45, 2.75) is 45.4 Å². The van der Waals surface area contributed by atoms with Crippen molar-refractivity contribution < 1.29 is 4.79 Å². The van der Waals surface area contributed by atoms with Gasteiger partial charge in [0.1, 0.15) is 5.52 Å². The SMILES string of the molecule is CCCCCCCCN1CCN(C(=O)n2nnc3ncccc32)CC1. The van der Waals surface area contributed by atoms with Gasteiger partial charge in [0.15, 0.2) is 0 Å². The predicted octanol–water partition coefficient (Wildman–Crippen LogP) is 2.77. The number of fused-ring (bicyclic) bond motifs is 1. The summed E-state index contributed by atoms with van der Waals surface area (Å²) in [5, 5.41) is 7.94. The first-order valence-electron chi connectivity index (χ1n) is 9.47. The van der Waals surface area contributed by atoms with E-state index in [4.69, 9.17) is 0 Å². The highest BCUT2D eigenvalue weighted by Crippen LogP contribution is 2.11. The molecule has 0 radical (unpaired) electrons. The van der Waals surface area contributed by atoms with E-state index in [2.05, 4.69) is 27.1 Å². The van der Waals surface area contributed by atoms with E-state index in [9.17, 15) is 4.79 Å². The summed E-state index contributed by atoms with van der Waals surface area (Å²) < 4.78 is 1.37. The van der Waals surface area contributed by atoms with E-state index in [1.54, 1.807) is 12.3 Å². The van der Waals surface area contributed by atoms with E-state index in [1.807, 2.05) is 11.0 Å². The van der Waals surface area contributed by atoms with Crippen molar-refractivity contribution in [3.05, 3.63) is 18.3 Å². The Labute approximate surface area is 149 Å². The molecule has 1 aliphatic rings. The number of piperazine rings is 1. The molecule has 1 saturated heterocycles. The van der Waals surface area contributed by atoms with Crippen LogP contribution in [0.1, 0.15) is 45.4 Å². The van der Waals surface area contributed by atoms with E-state index >= 15 is 0 Å². The monoisotopic (exact) mass is 344 g/mol. The second kappa shape index (κ2) is 8.89. The maximum absolute atomic E-state index is 12.7. The molecule has 0 N–H and O–H groups in total. The van der Waals surface area contributed by atoms with E-state index in [1.165, 1.54) is 43.2 Å². The lowest BCUT2D eigenvalue weighted by molar-refractivity contribution is 0.137. The number of carbonyl (C=O) groups is 1. The molecular weight excluding hydrogens is 316 g/mol. The molecule has 1 fully saturated rings. The average Bonchev–Trinajstić information content (AvgIpc) is 3.08. The van der Waals surface area contributed by atoms with Crippen LogP contribution in [0.2, 0.25) is 0 Å². The number of hydrogen-bond acceptors (Lipinski definition) is 5. The Balaban J connectivity index is 1.43. The van der Waals surface area contributed by atoms with Gasteiger partial charge in [-0.1, -0.05) is 44.2 Å². The Bertz CT molecular complexity index is 677. The topological polar surface area (TPSA) is 67.2 Å². The van der Waals surface area contributed by atoms with Gasteiger partial charge < -0.3 is 4.90 Å². The van der Waals surface area contributed by atoms with E-state index < -0.39 is 0 Å². The zero-order chi connectivity index (χ0) is 17.5. The van der Waals surface area contributed by atoms with Crippen LogP contribution in [0, 0.1) is 0 Å². The number of carbonyl (C=O) groups excluding carboxylic acids is 1. The summed E-state index contributed by atoms with van der Waals surface area (Å²) in [5.74, 6) is 0. The molecule has 0 bridgehead atoms. The largest absolute Gasteiger partial charge is 0.346 e. The highest BCUT2D eigenvalue weighted by atomic mass is 16.2. The van der Waals surface area contributed by atoms with Crippen LogP contribution in [0.15, 0.2) is 18.3 Å². The number of amides is 1. The van der Waals surface area contributed by atoms with Crippen molar-refractivity contribution in [1.82, 2.24) is 29.8 Å². The molecule has 1 amide bonds. The third-order valence-electron chi connectivity index (χ3n) is 4.88. The lowest BCUT2D eigenvalue weighted by Gasteiger charge is -2.34. The molecule has 2 aromatic heterocycles. The van der Waals surface area contributed by atoms with Gasteiger partial charge >= 0.3 is 6.03 Å². The van der Waals surface area contributed by atoms with Crippen molar-refractivity contribution in [2.75, 3.05) is 32.7 Å². The summed E-state index contributed by atoms with van der Waals surface area (Å²) in [5.41, 5.74) is 1.18. The Morgan fingerprint density at radius 1 is 1.08 bits per heavy atom. The lowest BCUT2D eigenvalue weighted by Crippen LogP contribution is -2.50. The van der Waals surface area contributed by atoms with Crippen LogP contribution in [0.4, 0.5) is 4.79 Å². The lowest BCUT2D eigenvalue weighted by atomic mass is 10.1. The fraction of sp³-hybridized carbons (Fsp3) is 0.667. The summed E-state index contributed by atoms with van der Waals surface area (Å²) in [6.45, 7) is 6.76. The molecule has 7 heteroatoms. The molecule has 25 heavy (non-hydrogen) atoms. The van der Waals surface area contributed by atoms with Crippen molar-refractivity contribution in [3.63, 3.8) is 0 Å². The van der Waals surface area contributed by atoms with Gasteiger partial charge in [0, 0.05) is 32.4 Å². The van der Waals surface area contributed by atoms with Gasteiger partial charge in [-0.2, -0.15) is 4.68 Å². The fourth-order valence-corrected chi connectivity index (χ4v) is 3.32. The van der Waals surface area contributed by atoms with Gasteiger partial charge in [-0.3, -0.25) is 4.90 Å². The van der Waals surface area contributed by atoms with Crippen molar-refractivity contribution in [1.29, 1.82) is 0 Å². The van der Waals surface area contributed by atoms with Gasteiger partial charge in [0.25, 0.3) is 0 Å². The van der Waals surface area contributed by atoms with Crippen LogP contribution in [-0.4, -0.2) is 68.5 Å². The summed E-state index contributed by atoms with van der Waals surface area (Å²) in [6.07, 6.45) is 9.60. The van der Waals surface area contributed by atoms with Crippen LogP contribution in [0.25, 0.3) is 11.2 Å². The van der Waals surface area contributed by atoms with Crippen LogP contribution in [0.3, 0.4) is 0 Å². The smallest absolute Gasteiger partial charge is 0.320 e.